The van der Waals surface area contributed by atoms with E-state index in [2.05, 4.69) is 47.4 Å². The van der Waals surface area contributed by atoms with Gasteiger partial charge in [0.05, 0.1) is 11.7 Å². The Hall–Kier alpha value is -2.89. The number of aromatic nitrogens is 3. The number of rotatable bonds is 5. The van der Waals surface area contributed by atoms with E-state index >= 15 is 0 Å². The van der Waals surface area contributed by atoms with Crippen LogP contribution in [0.2, 0.25) is 0 Å². The molecule has 0 radical (unpaired) electrons. The van der Waals surface area contributed by atoms with Gasteiger partial charge in [-0.1, -0.05) is 23.8 Å². The molecule has 1 amide bonds. The highest BCUT2D eigenvalue weighted by atomic mass is 16.5. The second-order valence-corrected chi connectivity index (χ2v) is 8.41. The van der Waals surface area contributed by atoms with E-state index in [0.717, 1.165) is 35.1 Å². The number of aryl methyl sites for hydroxylation is 4. The van der Waals surface area contributed by atoms with Crippen LogP contribution in [0.15, 0.2) is 24.3 Å². The van der Waals surface area contributed by atoms with Crippen LogP contribution < -0.4 is 10.1 Å². The summed E-state index contributed by atoms with van der Waals surface area (Å²) in [7, 11) is 1.91. The van der Waals surface area contributed by atoms with Crippen LogP contribution in [-0.4, -0.2) is 27.3 Å². The van der Waals surface area contributed by atoms with Gasteiger partial charge in [-0.25, -0.2) is 0 Å². The molecule has 1 N–H and O–H groups in total. The number of benzene rings is 1. The van der Waals surface area contributed by atoms with E-state index in [1.54, 1.807) is 0 Å². The molecule has 6 heteroatoms. The van der Waals surface area contributed by atoms with Crippen molar-refractivity contribution in [2.24, 2.45) is 7.05 Å². The molecule has 150 valence electrons. The van der Waals surface area contributed by atoms with Crippen molar-refractivity contribution in [3.8, 4) is 5.88 Å². The average Bonchev–Trinajstić information content (AvgIpc) is 3.39. The normalized spacial score (nSPS) is 18.1. The summed E-state index contributed by atoms with van der Waals surface area (Å²) < 4.78 is 7.57. The molecule has 0 saturated heterocycles. The topological polar surface area (TPSA) is 69.0 Å². The fourth-order valence-corrected chi connectivity index (χ4v) is 4.42. The van der Waals surface area contributed by atoms with Gasteiger partial charge in [-0.15, -0.1) is 0 Å². The number of nitrogens with one attached hydrogen (secondary N) is 1. The summed E-state index contributed by atoms with van der Waals surface area (Å²) in [6, 6.07) is 8.42. The Morgan fingerprint density at radius 2 is 2.07 bits per heavy atom. The van der Waals surface area contributed by atoms with Crippen molar-refractivity contribution in [3.63, 3.8) is 0 Å². The van der Waals surface area contributed by atoms with Crippen LogP contribution in [0, 0.1) is 13.8 Å². The number of carbonyl (C=O) groups is 1. The molecule has 2 aromatic heterocycles. The SMILES string of the molecule is Cc1ccc2c(c1)CCC2NC(=O)COc1cc(C)c2c(C3CC3)nn(C)c2n1. The first kappa shape index (κ1) is 18.2. The Morgan fingerprint density at radius 3 is 2.86 bits per heavy atom. The van der Waals surface area contributed by atoms with E-state index in [0.29, 0.717) is 11.8 Å². The molecule has 2 aliphatic rings. The average molecular weight is 390 g/mol. The zero-order valence-electron chi connectivity index (χ0n) is 17.2. The zero-order valence-corrected chi connectivity index (χ0v) is 17.2. The molecular weight excluding hydrogens is 364 g/mol. The lowest BCUT2D eigenvalue weighted by Gasteiger charge is -2.15. The molecule has 6 nitrogen and oxygen atoms in total. The van der Waals surface area contributed by atoms with Gasteiger partial charge in [0.15, 0.2) is 12.3 Å². The predicted octanol–water partition coefficient (Wildman–Crippen LogP) is 3.65. The molecule has 2 heterocycles. The van der Waals surface area contributed by atoms with Gasteiger partial charge < -0.3 is 10.1 Å². The van der Waals surface area contributed by atoms with E-state index < -0.39 is 0 Å². The van der Waals surface area contributed by atoms with Crippen molar-refractivity contribution in [3.05, 3.63) is 52.2 Å². The number of nitrogens with zero attached hydrogens (tertiary/aromatic N) is 3. The minimum atomic E-state index is -0.119. The summed E-state index contributed by atoms with van der Waals surface area (Å²) in [5, 5.41) is 8.90. The summed E-state index contributed by atoms with van der Waals surface area (Å²) in [6.07, 6.45) is 4.35. The Balaban J connectivity index is 1.28. The first-order chi connectivity index (χ1) is 14.0. The van der Waals surface area contributed by atoms with Crippen molar-refractivity contribution in [1.29, 1.82) is 0 Å². The molecule has 3 aromatic rings. The van der Waals surface area contributed by atoms with Gasteiger partial charge in [0.25, 0.3) is 5.91 Å². The standard InChI is InChI=1S/C23H26N4O2/c1-13-4-8-17-16(10-13)7-9-18(17)24-19(28)12-29-20-11-14(2)21-22(15-5-6-15)26-27(3)23(21)25-20/h4,8,10-11,15,18H,5-7,9,12H2,1-3H3,(H,24,28). The molecule has 2 aliphatic carbocycles. The van der Waals surface area contributed by atoms with Crippen LogP contribution in [0.1, 0.15) is 59.2 Å². The third-order valence-electron chi connectivity index (χ3n) is 6.02. The summed E-state index contributed by atoms with van der Waals surface area (Å²) in [4.78, 5) is 17.1. The quantitative estimate of drug-likeness (QED) is 0.722. The van der Waals surface area contributed by atoms with Crippen molar-refractivity contribution in [2.45, 2.75) is 51.5 Å². The number of hydrogen-bond acceptors (Lipinski definition) is 4. The Morgan fingerprint density at radius 1 is 1.24 bits per heavy atom. The summed E-state index contributed by atoms with van der Waals surface area (Å²) >= 11 is 0. The van der Waals surface area contributed by atoms with Crippen LogP contribution in [0.25, 0.3) is 11.0 Å². The third-order valence-corrected chi connectivity index (χ3v) is 6.02. The fourth-order valence-electron chi connectivity index (χ4n) is 4.42. The number of pyridine rings is 1. The molecule has 1 aromatic carbocycles. The van der Waals surface area contributed by atoms with Crippen LogP contribution in [-0.2, 0) is 18.3 Å². The molecule has 1 saturated carbocycles. The van der Waals surface area contributed by atoms with Crippen LogP contribution in [0.5, 0.6) is 5.88 Å². The third kappa shape index (κ3) is 3.37. The molecular formula is C23H26N4O2. The largest absolute Gasteiger partial charge is 0.468 e. The van der Waals surface area contributed by atoms with E-state index in [-0.39, 0.29) is 18.6 Å². The van der Waals surface area contributed by atoms with Crippen molar-refractivity contribution in [1.82, 2.24) is 20.1 Å². The second kappa shape index (κ2) is 6.87. The van der Waals surface area contributed by atoms with Crippen LogP contribution >= 0.6 is 0 Å². The molecule has 1 unspecified atom stereocenters. The number of carbonyl (C=O) groups excluding carboxylic acids is 1. The molecule has 0 spiro atoms. The van der Waals surface area contributed by atoms with Crippen molar-refractivity contribution < 1.29 is 9.53 Å². The van der Waals surface area contributed by atoms with E-state index in [4.69, 9.17) is 4.74 Å². The molecule has 5 rings (SSSR count). The van der Waals surface area contributed by atoms with Gasteiger partial charge in [0, 0.05) is 24.4 Å². The first-order valence-electron chi connectivity index (χ1n) is 10.4. The van der Waals surface area contributed by atoms with Gasteiger partial charge in [-0.3, -0.25) is 9.48 Å². The molecule has 0 aliphatic heterocycles. The van der Waals surface area contributed by atoms with Gasteiger partial charge in [-0.05, 0) is 56.2 Å². The molecule has 0 bridgehead atoms. The fraction of sp³-hybridized carbons (Fsp3) is 0.435. The highest BCUT2D eigenvalue weighted by molar-refractivity contribution is 5.84. The van der Waals surface area contributed by atoms with E-state index in [9.17, 15) is 4.79 Å². The van der Waals surface area contributed by atoms with Gasteiger partial charge in [0.2, 0.25) is 5.88 Å². The van der Waals surface area contributed by atoms with Gasteiger partial charge in [0.1, 0.15) is 0 Å². The number of amides is 1. The Kier molecular flexibility index (Phi) is 4.30. The summed E-state index contributed by atoms with van der Waals surface area (Å²) in [5.74, 6) is 0.916. The highest BCUT2D eigenvalue weighted by Gasteiger charge is 2.30. The number of hydrogen-bond donors (Lipinski definition) is 1. The minimum Gasteiger partial charge on any atom is -0.468 e. The van der Waals surface area contributed by atoms with Gasteiger partial charge in [-0.2, -0.15) is 10.1 Å². The predicted molar refractivity (Wildman–Crippen MR) is 111 cm³/mol. The molecule has 29 heavy (non-hydrogen) atoms. The lowest BCUT2D eigenvalue weighted by Crippen LogP contribution is -2.31. The van der Waals surface area contributed by atoms with Gasteiger partial charge >= 0.3 is 0 Å². The lowest BCUT2D eigenvalue weighted by atomic mass is 10.1. The number of ether oxygens (including phenoxy) is 1. The smallest absolute Gasteiger partial charge is 0.258 e. The monoisotopic (exact) mass is 390 g/mol. The van der Waals surface area contributed by atoms with Crippen molar-refractivity contribution >= 4 is 16.9 Å². The molecule has 1 fully saturated rings. The highest BCUT2D eigenvalue weighted by Crippen LogP contribution is 2.43. The lowest BCUT2D eigenvalue weighted by molar-refractivity contribution is -0.123. The van der Waals surface area contributed by atoms with Crippen LogP contribution in [0.3, 0.4) is 0 Å². The minimum absolute atomic E-state index is 0.0387. The maximum atomic E-state index is 12.5. The Bertz CT molecular complexity index is 1110. The summed E-state index contributed by atoms with van der Waals surface area (Å²) in [6.45, 7) is 4.12. The van der Waals surface area contributed by atoms with E-state index in [1.807, 2.05) is 17.8 Å². The maximum absolute atomic E-state index is 12.5. The van der Waals surface area contributed by atoms with Crippen LogP contribution in [0.4, 0.5) is 0 Å². The van der Waals surface area contributed by atoms with E-state index in [1.165, 1.54) is 29.5 Å². The number of fused-ring (bicyclic) bond motifs is 2. The Labute approximate surface area is 170 Å². The van der Waals surface area contributed by atoms with Crippen molar-refractivity contribution in [2.75, 3.05) is 6.61 Å². The molecule has 1 atom stereocenters. The summed E-state index contributed by atoms with van der Waals surface area (Å²) in [5.41, 5.74) is 6.88. The maximum Gasteiger partial charge on any atom is 0.258 e. The second-order valence-electron chi connectivity index (χ2n) is 8.41. The first-order valence-corrected chi connectivity index (χ1v) is 10.4. The zero-order chi connectivity index (χ0) is 20.1.